The Morgan fingerprint density at radius 3 is 2.36 bits per heavy atom. The summed E-state index contributed by atoms with van der Waals surface area (Å²) in [6.07, 6.45) is 0. The first-order valence-electron chi connectivity index (χ1n) is 8.03. The lowest BCUT2D eigenvalue weighted by atomic mass is 10.1. The number of para-hydroxylation sites is 2. The first kappa shape index (κ1) is 15.1. The van der Waals surface area contributed by atoms with E-state index in [-0.39, 0.29) is 5.91 Å². The maximum Gasteiger partial charge on any atom is 0.255 e. The molecule has 0 saturated carbocycles. The van der Waals surface area contributed by atoms with Gasteiger partial charge in [0.15, 0.2) is 5.58 Å². The number of rotatable bonds is 3. The summed E-state index contributed by atoms with van der Waals surface area (Å²) in [4.78, 5) is 16.8. The van der Waals surface area contributed by atoms with E-state index in [1.807, 2.05) is 67.6 Å². The number of benzene rings is 3. The average molecular weight is 328 g/mol. The molecule has 1 N–H and O–H groups in total. The lowest BCUT2D eigenvalue weighted by molar-refractivity contribution is 0.102. The molecule has 0 atom stereocenters. The number of carbonyl (C=O) groups excluding carboxylic acids is 1. The molecule has 4 rings (SSSR count). The van der Waals surface area contributed by atoms with Gasteiger partial charge in [-0.15, -0.1) is 0 Å². The lowest BCUT2D eigenvalue weighted by Crippen LogP contribution is -2.11. The van der Waals surface area contributed by atoms with Crippen molar-refractivity contribution < 1.29 is 9.21 Å². The molecule has 4 heteroatoms. The highest BCUT2D eigenvalue weighted by Gasteiger charge is 2.10. The fourth-order valence-electron chi connectivity index (χ4n) is 2.60. The van der Waals surface area contributed by atoms with Gasteiger partial charge in [-0.05, 0) is 55.5 Å². The zero-order valence-corrected chi connectivity index (χ0v) is 13.7. The van der Waals surface area contributed by atoms with Gasteiger partial charge in [-0.1, -0.05) is 29.8 Å². The second-order valence-electron chi connectivity index (χ2n) is 5.88. The van der Waals surface area contributed by atoms with Crippen LogP contribution < -0.4 is 5.32 Å². The zero-order valence-electron chi connectivity index (χ0n) is 13.7. The number of hydrogen-bond acceptors (Lipinski definition) is 3. The van der Waals surface area contributed by atoms with E-state index in [1.165, 1.54) is 0 Å². The molecule has 122 valence electrons. The Balaban J connectivity index is 1.54. The van der Waals surface area contributed by atoms with Crippen molar-refractivity contribution in [1.29, 1.82) is 0 Å². The van der Waals surface area contributed by atoms with Crippen molar-refractivity contribution in [1.82, 2.24) is 4.98 Å². The third-order valence-electron chi connectivity index (χ3n) is 4.00. The van der Waals surface area contributed by atoms with E-state index < -0.39 is 0 Å². The molecule has 4 aromatic rings. The van der Waals surface area contributed by atoms with Crippen LogP contribution in [0.2, 0.25) is 0 Å². The number of carbonyl (C=O) groups is 1. The van der Waals surface area contributed by atoms with Gasteiger partial charge in [-0.3, -0.25) is 4.79 Å². The number of oxazole rings is 1. The molecular formula is C21H16N2O2. The highest BCUT2D eigenvalue weighted by Crippen LogP contribution is 2.24. The van der Waals surface area contributed by atoms with E-state index in [4.69, 9.17) is 4.42 Å². The number of anilines is 1. The second-order valence-corrected chi connectivity index (χ2v) is 5.88. The van der Waals surface area contributed by atoms with Crippen LogP contribution in [0.4, 0.5) is 5.69 Å². The van der Waals surface area contributed by atoms with Crippen LogP contribution in [0.5, 0.6) is 0 Å². The third-order valence-corrected chi connectivity index (χ3v) is 4.00. The molecule has 1 amide bonds. The standard InChI is InChI=1S/C21H16N2O2/c1-14-6-12-17(13-7-14)22-20(24)15-8-10-16(11-9-15)21-23-18-4-2-3-5-19(18)25-21/h2-13H,1H3,(H,22,24). The fourth-order valence-corrected chi connectivity index (χ4v) is 2.60. The summed E-state index contributed by atoms with van der Waals surface area (Å²) in [7, 11) is 0. The van der Waals surface area contributed by atoms with Gasteiger partial charge in [0.05, 0.1) is 0 Å². The van der Waals surface area contributed by atoms with E-state index in [9.17, 15) is 4.79 Å². The van der Waals surface area contributed by atoms with Gasteiger partial charge in [0.1, 0.15) is 5.52 Å². The number of hydrogen-bond donors (Lipinski definition) is 1. The molecular weight excluding hydrogens is 312 g/mol. The Morgan fingerprint density at radius 2 is 1.64 bits per heavy atom. The number of nitrogens with zero attached hydrogens (tertiary/aromatic N) is 1. The molecule has 4 nitrogen and oxygen atoms in total. The van der Waals surface area contributed by atoms with Crippen LogP contribution in [0.15, 0.2) is 77.2 Å². The smallest absolute Gasteiger partial charge is 0.255 e. The van der Waals surface area contributed by atoms with Crippen LogP contribution in [0.3, 0.4) is 0 Å². The molecule has 0 fully saturated rings. The molecule has 0 radical (unpaired) electrons. The Hall–Kier alpha value is -3.40. The van der Waals surface area contributed by atoms with Crippen LogP contribution in [-0.2, 0) is 0 Å². The molecule has 0 saturated heterocycles. The first-order chi connectivity index (χ1) is 12.2. The van der Waals surface area contributed by atoms with Crippen molar-refractivity contribution in [3.8, 4) is 11.5 Å². The Bertz CT molecular complexity index is 999. The summed E-state index contributed by atoms with van der Waals surface area (Å²) in [5.41, 5.74) is 4.92. The molecule has 3 aromatic carbocycles. The van der Waals surface area contributed by atoms with Crippen molar-refractivity contribution in [3.05, 3.63) is 83.9 Å². The largest absolute Gasteiger partial charge is 0.436 e. The van der Waals surface area contributed by atoms with Crippen LogP contribution in [0.25, 0.3) is 22.6 Å². The summed E-state index contributed by atoms with van der Waals surface area (Å²) in [5.74, 6) is 0.402. The van der Waals surface area contributed by atoms with Crippen LogP contribution >= 0.6 is 0 Å². The number of aryl methyl sites for hydroxylation is 1. The molecule has 25 heavy (non-hydrogen) atoms. The Kier molecular flexibility index (Phi) is 3.78. The average Bonchev–Trinajstić information content (AvgIpc) is 3.08. The number of nitrogens with one attached hydrogen (secondary N) is 1. The molecule has 1 aromatic heterocycles. The van der Waals surface area contributed by atoms with Gasteiger partial charge in [0.25, 0.3) is 5.91 Å². The molecule has 0 aliphatic rings. The number of fused-ring (bicyclic) bond motifs is 1. The molecule has 0 aliphatic heterocycles. The van der Waals surface area contributed by atoms with Gasteiger partial charge in [0, 0.05) is 16.8 Å². The normalized spacial score (nSPS) is 10.8. The van der Waals surface area contributed by atoms with Gasteiger partial charge in [-0.2, -0.15) is 0 Å². The summed E-state index contributed by atoms with van der Waals surface area (Å²) < 4.78 is 5.75. The lowest BCUT2D eigenvalue weighted by Gasteiger charge is -2.06. The fraction of sp³-hybridized carbons (Fsp3) is 0.0476. The molecule has 0 unspecified atom stereocenters. The number of aromatic nitrogens is 1. The minimum atomic E-state index is -0.145. The van der Waals surface area contributed by atoms with Crippen molar-refractivity contribution in [2.24, 2.45) is 0 Å². The van der Waals surface area contributed by atoms with Gasteiger partial charge >= 0.3 is 0 Å². The van der Waals surface area contributed by atoms with E-state index in [2.05, 4.69) is 10.3 Å². The van der Waals surface area contributed by atoms with E-state index in [0.717, 1.165) is 27.9 Å². The maximum atomic E-state index is 12.3. The summed E-state index contributed by atoms with van der Waals surface area (Å²) in [6, 6.07) is 22.6. The molecule has 1 heterocycles. The summed E-state index contributed by atoms with van der Waals surface area (Å²) >= 11 is 0. The van der Waals surface area contributed by atoms with Gasteiger partial charge in [-0.25, -0.2) is 4.98 Å². The van der Waals surface area contributed by atoms with Gasteiger partial charge < -0.3 is 9.73 Å². The second kappa shape index (κ2) is 6.24. The van der Waals surface area contributed by atoms with Crippen molar-refractivity contribution in [3.63, 3.8) is 0 Å². The quantitative estimate of drug-likeness (QED) is 0.572. The van der Waals surface area contributed by atoms with Crippen LogP contribution in [-0.4, -0.2) is 10.9 Å². The topological polar surface area (TPSA) is 55.1 Å². The van der Waals surface area contributed by atoms with Crippen LogP contribution in [0, 0.1) is 6.92 Å². The first-order valence-corrected chi connectivity index (χ1v) is 8.03. The zero-order chi connectivity index (χ0) is 17.2. The Morgan fingerprint density at radius 1 is 0.920 bits per heavy atom. The van der Waals surface area contributed by atoms with Crippen molar-refractivity contribution in [2.75, 3.05) is 5.32 Å². The highest BCUT2D eigenvalue weighted by molar-refractivity contribution is 6.04. The van der Waals surface area contributed by atoms with E-state index >= 15 is 0 Å². The molecule has 0 bridgehead atoms. The molecule has 0 spiro atoms. The predicted octanol–water partition coefficient (Wildman–Crippen LogP) is 5.06. The summed E-state index contributed by atoms with van der Waals surface area (Å²) in [5, 5.41) is 2.89. The van der Waals surface area contributed by atoms with Crippen molar-refractivity contribution in [2.45, 2.75) is 6.92 Å². The van der Waals surface area contributed by atoms with Crippen LogP contribution in [0.1, 0.15) is 15.9 Å². The minimum Gasteiger partial charge on any atom is -0.436 e. The van der Waals surface area contributed by atoms with Gasteiger partial charge in [0.2, 0.25) is 5.89 Å². The maximum absolute atomic E-state index is 12.3. The molecule has 0 aliphatic carbocycles. The predicted molar refractivity (Wildman–Crippen MR) is 98.6 cm³/mol. The summed E-state index contributed by atoms with van der Waals surface area (Å²) in [6.45, 7) is 2.01. The highest BCUT2D eigenvalue weighted by atomic mass is 16.3. The Labute approximate surface area is 145 Å². The SMILES string of the molecule is Cc1ccc(NC(=O)c2ccc(-c3nc4ccccc4o3)cc2)cc1. The minimum absolute atomic E-state index is 0.145. The number of amides is 1. The van der Waals surface area contributed by atoms with E-state index in [0.29, 0.717) is 11.5 Å². The van der Waals surface area contributed by atoms with Crippen molar-refractivity contribution >= 4 is 22.7 Å². The monoisotopic (exact) mass is 328 g/mol. The van der Waals surface area contributed by atoms with E-state index in [1.54, 1.807) is 12.1 Å². The third kappa shape index (κ3) is 3.15.